The van der Waals surface area contributed by atoms with Gasteiger partial charge in [0.05, 0.1) is 19.9 Å². The van der Waals surface area contributed by atoms with Crippen LogP contribution in [0.2, 0.25) is 0 Å². The van der Waals surface area contributed by atoms with Crippen molar-refractivity contribution in [3.8, 4) is 22.8 Å². The third-order valence-corrected chi connectivity index (χ3v) is 2.79. The number of anilines is 1. The SMILES string of the molecule is CCc1nc(N)cc(-c2cccc(OC)c2OC)n1. The van der Waals surface area contributed by atoms with E-state index >= 15 is 0 Å². The van der Waals surface area contributed by atoms with E-state index in [-0.39, 0.29) is 0 Å². The van der Waals surface area contributed by atoms with Crippen molar-refractivity contribution in [2.45, 2.75) is 13.3 Å². The molecule has 0 saturated carbocycles. The first-order valence-corrected chi connectivity index (χ1v) is 6.04. The van der Waals surface area contributed by atoms with Gasteiger partial charge in [0.2, 0.25) is 0 Å². The molecule has 0 spiro atoms. The number of aromatic nitrogens is 2. The molecule has 0 amide bonds. The van der Waals surface area contributed by atoms with Crippen LogP contribution in [0.15, 0.2) is 24.3 Å². The lowest BCUT2D eigenvalue weighted by Crippen LogP contribution is -2.01. The largest absolute Gasteiger partial charge is 0.493 e. The predicted molar refractivity (Wildman–Crippen MR) is 74.4 cm³/mol. The summed E-state index contributed by atoms with van der Waals surface area (Å²) in [6, 6.07) is 7.38. The maximum Gasteiger partial charge on any atom is 0.170 e. The van der Waals surface area contributed by atoms with Crippen molar-refractivity contribution in [2.75, 3.05) is 20.0 Å². The Labute approximate surface area is 112 Å². The number of hydrogen-bond acceptors (Lipinski definition) is 5. The van der Waals surface area contributed by atoms with Gasteiger partial charge in [-0.2, -0.15) is 0 Å². The first-order chi connectivity index (χ1) is 9.19. The van der Waals surface area contributed by atoms with E-state index in [1.54, 1.807) is 20.3 Å². The molecule has 0 aliphatic rings. The maximum absolute atomic E-state index is 5.81. The molecule has 19 heavy (non-hydrogen) atoms. The highest BCUT2D eigenvalue weighted by Crippen LogP contribution is 2.37. The number of hydrogen-bond donors (Lipinski definition) is 1. The number of nitrogens with zero attached hydrogens (tertiary/aromatic N) is 2. The molecule has 0 radical (unpaired) electrons. The molecule has 0 aliphatic heterocycles. The molecule has 1 heterocycles. The molecule has 0 atom stereocenters. The fraction of sp³-hybridized carbons (Fsp3) is 0.286. The van der Waals surface area contributed by atoms with Gasteiger partial charge in [-0.1, -0.05) is 13.0 Å². The molecular formula is C14H17N3O2. The minimum absolute atomic E-state index is 0.451. The number of aryl methyl sites for hydroxylation is 1. The number of benzene rings is 1. The van der Waals surface area contributed by atoms with Crippen LogP contribution in [0.25, 0.3) is 11.3 Å². The van der Waals surface area contributed by atoms with Crippen LogP contribution < -0.4 is 15.2 Å². The average Bonchev–Trinajstić information content (AvgIpc) is 2.45. The van der Waals surface area contributed by atoms with E-state index in [1.807, 2.05) is 25.1 Å². The van der Waals surface area contributed by atoms with Crippen molar-refractivity contribution in [1.29, 1.82) is 0 Å². The topological polar surface area (TPSA) is 70.3 Å². The Morgan fingerprint density at radius 3 is 2.58 bits per heavy atom. The number of nitrogens with two attached hydrogens (primary N) is 1. The Morgan fingerprint density at radius 2 is 1.95 bits per heavy atom. The first kappa shape index (κ1) is 13.1. The zero-order valence-electron chi connectivity index (χ0n) is 11.3. The molecule has 5 nitrogen and oxygen atoms in total. The Morgan fingerprint density at radius 1 is 1.16 bits per heavy atom. The van der Waals surface area contributed by atoms with E-state index in [2.05, 4.69) is 9.97 Å². The molecular weight excluding hydrogens is 242 g/mol. The van der Waals surface area contributed by atoms with Crippen LogP contribution in [0.3, 0.4) is 0 Å². The lowest BCUT2D eigenvalue weighted by molar-refractivity contribution is 0.356. The maximum atomic E-state index is 5.81. The molecule has 1 aromatic carbocycles. The summed E-state index contributed by atoms with van der Waals surface area (Å²) in [6.07, 6.45) is 0.727. The van der Waals surface area contributed by atoms with Gasteiger partial charge in [0.1, 0.15) is 11.6 Å². The normalized spacial score (nSPS) is 10.3. The van der Waals surface area contributed by atoms with Gasteiger partial charge in [-0.05, 0) is 12.1 Å². The summed E-state index contributed by atoms with van der Waals surface area (Å²) in [7, 11) is 3.21. The zero-order chi connectivity index (χ0) is 13.8. The van der Waals surface area contributed by atoms with Gasteiger partial charge in [0, 0.05) is 18.1 Å². The molecule has 2 aromatic rings. The van der Waals surface area contributed by atoms with Crippen LogP contribution in [-0.2, 0) is 6.42 Å². The molecule has 5 heteroatoms. The fourth-order valence-electron chi connectivity index (χ4n) is 1.90. The third-order valence-electron chi connectivity index (χ3n) is 2.79. The second-order valence-electron chi connectivity index (χ2n) is 3.99. The summed E-state index contributed by atoms with van der Waals surface area (Å²) in [4.78, 5) is 8.65. The molecule has 0 bridgehead atoms. The van der Waals surface area contributed by atoms with E-state index in [4.69, 9.17) is 15.2 Å². The number of methoxy groups -OCH3 is 2. The highest BCUT2D eigenvalue weighted by molar-refractivity contribution is 5.72. The standard InChI is InChI=1S/C14H17N3O2/c1-4-13-16-10(8-12(15)17-13)9-6-5-7-11(18-2)14(9)19-3/h5-8H,4H2,1-3H3,(H2,15,16,17). The van der Waals surface area contributed by atoms with E-state index < -0.39 is 0 Å². The molecule has 0 aliphatic carbocycles. The van der Waals surface area contributed by atoms with Gasteiger partial charge in [-0.3, -0.25) is 0 Å². The Bertz CT molecular complexity index is 585. The van der Waals surface area contributed by atoms with Gasteiger partial charge in [0.15, 0.2) is 11.5 Å². The van der Waals surface area contributed by atoms with Crippen LogP contribution in [0.4, 0.5) is 5.82 Å². The average molecular weight is 259 g/mol. The smallest absolute Gasteiger partial charge is 0.170 e. The van der Waals surface area contributed by atoms with Crippen LogP contribution in [0.5, 0.6) is 11.5 Å². The summed E-state index contributed by atoms with van der Waals surface area (Å²) in [5.74, 6) is 2.46. The van der Waals surface area contributed by atoms with Gasteiger partial charge in [-0.15, -0.1) is 0 Å². The van der Waals surface area contributed by atoms with Gasteiger partial charge < -0.3 is 15.2 Å². The van der Waals surface area contributed by atoms with Crippen molar-refractivity contribution in [2.24, 2.45) is 0 Å². The van der Waals surface area contributed by atoms with Gasteiger partial charge in [0.25, 0.3) is 0 Å². The summed E-state index contributed by atoms with van der Waals surface area (Å²) >= 11 is 0. The minimum Gasteiger partial charge on any atom is -0.493 e. The molecule has 2 rings (SSSR count). The number of rotatable bonds is 4. The summed E-state index contributed by atoms with van der Waals surface area (Å²) < 4.78 is 10.7. The Kier molecular flexibility index (Phi) is 3.85. The predicted octanol–water partition coefficient (Wildman–Crippen LogP) is 2.31. The van der Waals surface area contributed by atoms with Crippen molar-refractivity contribution in [3.63, 3.8) is 0 Å². The van der Waals surface area contributed by atoms with E-state index in [0.717, 1.165) is 17.7 Å². The molecule has 1 aromatic heterocycles. The monoisotopic (exact) mass is 259 g/mol. The summed E-state index contributed by atoms with van der Waals surface area (Å²) in [5, 5.41) is 0. The molecule has 0 unspecified atom stereocenters. The third kappa shape index (κ3) is 2.59. The summed E-state index contributed by atoms with van der Waals surface area (Å²) in [6.45, 7) is 1.99. The highest BCUT2D eigenvalue weighted by atomic mass is 16.5. The second kappa shape index (κ2) is 5.56. The lowest BCUT2D eigenvalue weighted by Gasteiger charge is -2.12. The fourth-order valence-corrected chi connectivity index (χ4v) is 1.90. The van der Waals surface area contributed by atoms with Crippen molar-refractivity contribution < 1.29 is 9.47 Å². The second-order valence-corrected chi connectivity index (χ2v) is 3.99. The molecule has 0 fully saturated rings. The quantitative estimate of drug-likeness (QED) is 0.912. The molecule has 0 saturated heterocycles. The van der Waals surface area contributed by atoms with Crippen LogP contribution in [0.1, 0.15) is 12.7 Å². The van der Waals surface area contributed by atoms with E-state index in [0.29, 0.717) is 23.1 Å². The Hall–Kier alpha value is -2.30. The van der Waals surface area contributed by atoms with Gasteiger partial charge >= 0.3 is 0 Å². The zero-order valence-corrected chi connectivity index (χ0v) is 11.3. The lowest BCUT2D eigenvalue weighted by atomic mass is 10.1. The van der Waals surface area contributed by atoms with Gasteiger partial charge in [-0.25, -0.2) is 9.97 Å². The van der Waals surface area contributed by atoms with E-state index in [1.165, 1.54) is 0 Å². The number of ether oxygens (including phenoxy) is 2. The van der Waals surface area contributed by atoms with Crippen molar-refractivity contribution in [3.05, 3.63) is 30.1 Å². The van der Waals surface area contributed by atoms with Crippen molar-refractivity contribution >= 4 is 5.82 Å². The first-order valence-electron chi connectivity index (χ1n) is 6.04. The van der Waals surface area contributed by atoms with Crippen LogP contribution >= 0.6 is 0 Å². The van der Waals surface area contributed by atoms with Crippen LogP contribution in [0, 0.1) is 0 Å². The minimum atomic E-state index is 0.451. The number of para-hydroxylation sites is 1. The molecule has 100 valence electrons. The summed E-state index contributed by atoms with van der Waals surface area (Å²) in [5.41, 5.74) is 7.39. The Balaban J connectivity index is 2.61. The van der Waals surface area contributed by atoms with E-state index in [9.17, 15) is 0 Å². The van der Waals surface area contributed by atoms with Crippen LogP contribution in [-0.4, -0.2) is 24.2 Å². The molecule has 2 N–H and O–H groups in total. The highest BCUT2D eigenvalue weighted by Gasteiger charge is 2.13. The van der Waals surface area contributed by atoms with Crippen molar-refractivity contribution in [1.82, 2.24) is 9.97 Å². The number of nitrogen functional groups attached to an aromatic ring is 1.